The maximum absolute atomic E-state index is 13.9. The summed E-state index contributed by atoms with van der Waals surface area (Å²) in [5.74, 6) is 0.539. The van der Waals surface area contributed by atoms with Gasteiger partial charge in [-0.25, -0.2) is 4.39 Å². The highest BCUT2D eigenvalue weighted by Gasteiger charge is 2.25. The zero-order valence-electron chi connectivity index (χ0n) is 10.7. The average Bonchev–Trinajstić information content (AvgIpc) is 2.37. The predicted molar refractivity (Wildman–Crippen MR) is 73.2 cm³/mol. The standard InChI is InChI=1S/C14H20ClFN2/c1-10-4-6-18(7-5-10)14(9-17)12-8-11(15)2-3-13(12)16/h2-3,8,10,14H,4-7,9,17H2,1H3. The van der Waals surface area contributed by atoms with E-state index in [4.69, 9.17) is 17.3 Å². The van der Waals surface area contributed by atoms with Crippen molar-refractivity contribution in [2.75, 3.05) is 19.6 Å². The van der Waals surface area contributed by atoms with Crippen molar-refractivity contribution < 1.29 is 4.39 Å². The molecule has 0 aliphatic carbocycles. The van der Waals surface area contributed by atoms with Crippen LogP contribution in [-0.2, 0) is 0 Å². The summed E-state index contributed by atoms with van der Waals surface area (Å²) in [6, 6.07) is 4.64. The molecule has 2 rings (SSSR count). The maximum atomic E-state index is 13.9. The van der Waals surface area contributed by atoms with Crippen LogP contribution >= 0.6 is 11.6 Å². The van der Waals surface area contributed by atoms with Crippen LogP contribution < -0.4 is 5.73 Å². The number of nitrogens with two attached hydrogens (primary N) is 1. The van der Waals surface area contributed by atoms with Crippen molar-refractivity contribution in [2.24, 2.45) is 11.7 Å². The van der Waals surface area contributed by atoms with Crippen LogP contribution in [0, 0.1) is 11.7 Å². The highest BCUT2D eigenvalue weighted by molar-refractivity contribution is 6.30. The van der Waals surface area contributed by atoms with Crippen LogP contribution in [0.5, 0.6) is 0 Å². The minimum Gasteiger partial charge on any atom is -0.329 e. The summed E-state index contributed by atoms with van der Waals surface area (Å²) in [5, 5.41) is 0.565. The van der Waals surface area contributed by atoms with Crippen molar-refractivity contribution in [3.63, 3.8) is 0 Å². The van der Waals surface area contributed by atoms with Gasteiger partial charge < -0.3 is 5.73 Å². The van der Waals surface area contributed by atoms with Crippen LogP contribution in [-0.4, -0.2) is 24.5 Å². The van der Waals surface area contributed by atoms with Crippen molar-refractivity contribution in [1.82, 2.24) is 4.90 Å². The van der Waals surface area contributed by atoms with E-state index in [1.807, 2.05) is 0 Å². The molecule has 0 aromatic heterocycles. The fraction of sp³-hybridized carbons (Fsp3) is 0.571. The highest BCUT2D eigenvalue weighted by atomic mass is 35.5. The van der Waals surface area contributed by atoms with Gasteiger partial charge in [-0.2, -0.15) is 0 Å². The van der Waals surface area contributed by atoms with Gasteiger partial charge in [0.05, 0.1) is 0 Å². The second-order valence-electron chi connectivity index (χ2n) is 5.14. The number of piperidine rings is 1. The molecule has 100 valence electrons. The van der Waals surface area contributed by atoms with E-state index >= 15 is 0 Å². The summed E-state index contributed by atoms with van der Waals surface area (Å²) >= 11 is 5.95. The number of rotatable bonds is 3. The molecular formula is C14H20ClFN2. The lowest BCUT2D eigenvalue weighted by Gasteiger charge is -2.36. The minimum atomic E-state index is -0.214. The first-order valence-electron chi connectivity index (χ1n) is 6.51. The molecule has 1 aliphatic rings. The summed E-state index contributed by atoms with van der Waals surface area (Å²) in [4.78, 5) is 2.27. The smallest absolute Gasteiger partial charge is 0.128 e. The van der Waals surface area contributed by atoms with Gasteiger partial charge in [-0.3, -0.25) is 4.90 Å². The number of hydrogen-bond donors (Lipinski definition) is 1. The Hall–Kier alpha value is -0.640. The van der Waals surface area contributed by atoms with Gasteiger partial charge in [0, 0.05) is 23.2 Å². The predicted octanol–water partition coefficient (Wildman–Crippen LogP) is 3.21. The summed E-state index contributed by atoms with van der Waals surface area (Å²) in [5.41, 5.74) is 6.46. The van der Waals surface area contributed by atoms with Gasteiger partial charge in [-0.05, 0) is 50.0 Å². The van der Waals surface area contributed by atoms with Crippen molar-refractivity contribution in [1.29, 1.82) is 0 Å². The van der Waals surface area contributed by atoms with Gasteiger partial charge in [0.2, 0.25) is 0 Å². The van der Waals surface area contributed by atoms with Crippen molar-refractivity contribution in [3.8, 4) is 0 Å². The van der Waals surface area contributed by atoms with E-state index < -0.39 is 0 Å². The van der Waals surface area contributed by atoms with Gasteiger partial charge in [-0.15, -0.1) is 0 Å². The fourth-order valence-corrected chi connectivity index (χ4v) is 2.76. The van der Waals surface area contributed by atoms with Crippen LogP contribution in [0.1, 0.15) is 31.4 Å². The van der Waals surface area contributed by atoms with E-state index in [0.717, 1.165) is 31.8 Å². The molecule has 1 aromatic carbocycles. The highest BCUT2D eigenvalue weighted by Crippen LogP contribution is 2.29. The minimum absolute atomic E-state index is 0.0591. The van der Waals surface area contributed by atoms with E-state index in [1.54, 1.807) is 12.1 Å². The topological polar surface area (TPSA) is 29.3 Å². The lowest BCUT2D eigenvalue weighted by molar-refractivity contribution is 0.139. The Morgan fingerprint density at radius 1 is 1.44 bits per heavy atom. The van der Waals surface area contributed by atoms with Crippen LogP contribution in [0.2, 0.25) is 5.02 Å². The first kappa shape index (κ1) is 13.8. The third-order valence-corrected chi connectivity index (χ3v) is 4.03. The molecule has 0 radical (unpaired) electrons. The van der Waals surface area contributed by atoms with Crippen molar-refractivity contribution >= 4 is 11.6 Å². The molecule has 2 N–H and O–H groups in total. The SMILES string of the molecule is CC1CCN(C(CN)c2cc(Cl)ccc2F)CC1. The summed E-state index contributed by atoms with van der Waals surface area (Å²) < 4.78 is 13.9. The second kappa shape index (κ2) is 6.00. The zero-order valence-corrected chi connectivity index (χ0v) is 11.5. The lowest BCUT2D eigenvalue weighted by Crippen LogP contribution is -2.39. The normalized spacial score (nSPS) is 20.0. The van der Waals surface area contributed by atoms with Gasteiger partial charge in [0.15, 0.2) is 0 Å². The molecule has 1 aromatic rings. The summed E-state index contributed by atoms with van der Waals surface area (Å²) in [6.45, 7) is 4.64. The van der Waals surface area contributed by atoms with E-state index in [-0.39, 0.29) is 11.9 Å². The Balaban J connectivity index is 2.19. The molecule has 1 fully saturated rings. The average molecular weight is 271 g/mol. The molecule has 0 bridgehead atoms. The number of nitrogens with zero attached hydrogens (tertiary/aromatic N) is 1. The van der Waals surface area contributed by atoms with Crippen LogP contribution in [0.25, 0.3) is 0 Å². The van der Waals surface area contributed by atoms with Crippen LogP contribution in [0.3, 0.4) is 0 Å². The van der Waals surface area contributed by atoms with Crippen LogP contribution in [0.4, 0.5) is 4.39 Å². The monoisotopic (exact) mass is 270 g/mol. The Morgan fingerprint density at radius 3 is 2.72 bits per heavy atom. The number of benzene rings is 1. The quantitative estimate of drug-likeness (QED) is 0.914. The summed E-state index contributed by atoms with van der Waals surface area (Å²) in [7, 11) is 0. The molecule has 1 heterocycles. The van der Waals surface area contributed by atoms with Gasteiger partial charge >= 0.3 is 0 Å². The molecule has 0 amide bonds. The zero-order chi connectivity index (χ0) is 13.1. The molecule has 0 spiro atoms. The Labute approximate surface area is 113 Å². The van der Waals surface area contributed by atoms with E-state index in [0.29, 0.717) is 17.1 Å². The Kier molecular flexibility index (Phi) is 4.60. The molecular weight excluding hydrogens is 251 g/mol. The van der Waals surface area contributed by atoms with Gasteiger partial charge in [-0.1, -0.05) is 18.5 Å². The molecule has 1 atom stereocenters. The first-order chi connectivity index (χ1) is 8.61. The van der Waals surface area contributed by atoms with E-state index in [9.17, 15) is 4.39 Å². The second-order valence-corrected chi connectivity index (χ2v) is 5.57. The third kappa shape index (κ3) is 3.02. The number of halogens is 2. The molecule has 2 nitrogen and oxygen atoms in total. The van der Waals surface area contributed by atoms with E-state index in [1.165, 1.54) is 6.07 Å². The third-order valence-electron chi connectivity index (χ3n) is 3.80. The number of hydrogen-bond acceptors (Lipinski definition) is 2. The molecule has 0 saturated carbocycles. The van der Waals surface area contributed by atoms with Crippen molar-refractivity contribution in [3.05, 3.63) is 34.6 Å². The molecule has 1 unspecified atom stereocenters. The molecule has 1 saturated heterocycles. The van der Waals surface area contributed by atoms with Crippen LogP contribution in [0.15, 0.2) is 18.2 Å². The van der Waals surface area contributed by atoms with Gasteiger partial charge in [0.1, 0.15) is 5.82 Å². The largest absolute Gasteiger partial charge is 0.329 e. The number of likely N-dealkylation sites (tertiary alicyclic amines) is 1. The molecule has 1 aliphatic heterocycles. The first-order valence-corrected chi connectivity index (χ1v) is 6.88. The summed E-state index contributed by atoms with van der Waals surface area (Å²) in [6.07, 6.45) is 2.30. The maximum Gasteiger partial charge on any atom is 0.128 e. The molecule has 4 heteroatoms. The van der Waals surface area contributed by atoms with Gasteiger partial charge in [0.25, 0.3) is 0 Å². The fourth-order valence-electron chi connectivity index (χ4n) is 2.58. The molecule has 18 heavy (non-hydrogen) atoms. The van der Waals surface area contributed by atoms with E-state index in [2.05, 4.69) is 11.8 Å². The van der Waals surface area contributed by atoms with Crippen molar-refractivity contribution in [2.45, 2.75) is 25.8 Å². The lowest BCUT2D eigenvalue weighted by atomic mass is 9.95. The Bertz CT molecular complexity index is 403. The Morgan fingerprint density at radius 2 is 2.11 bits per heavy atom.